The smallest absolute Gasteiger partial charge is 0.411 e. The number of carbonyl (C=O) groups is 1. The third-order valence-electron chi connectivity index (χ3n) is 2.49. The summed E-state index contributed by atoms with van der Waals surface area (Å²) in [5, 5.41) is 8.93. The Kier molecular flexibility index (Phi) is 10.4. The third kappa shape index (κ3) is 7.74. The average molecular weight is 406 g/mol. The van der Waals surface area contributed by atoms with Gasteiger partial charge in [0.25, 0.3) is 0 Å². The maximum Gasteiger partial charge on any atom is 0.411 e. The quantitative estimate of drug-likeness (QED) is 0.399. The van der Waals surface area contributed by atoms with Crippen LogP contribution in [-0.2, 0) is 11.3 Å². The number of methoxy groups -OCH3 is 1. The van der Waals surface area contributed by atoms with Crippen LogP contribution in [0.15, 0.2) is 29.3 Å². The van der Waals surface area contributed by atoms with Gasteiger partial charge in [-0.15, -0.1) is 24.0 Å². The van der Waals surface area contributed by atoms with Crippen LogP contribution >= 0.6 is 24.0 Å². The Morgan fingerprint density at radius 3 is 2.19 bits per heavy atom. The molecule has 0 radical (unpaired) electrons. The zero-order valence-corrected chi connectivity index (χ0v) is 14.9. The molecule has 0 saturated carbocycles. The molecule has 0 aliphatic heterocycles. The van der Waals surface area contributed by atoms with E-state index in [9.17, 15) is 4.79 Å². The summed E-state index contributed by atoms with van der Waals surface area (Å²) >= 11 is 0. The highest BCUT2D eigenvalue weighted by Gasteiger charge is 2.00. The molecule has 0 heterocycles. The first-order chi connectivity index (χ1) is 9.69. The van der Waals surface area contributed by atoms with E-state index in [2.05, 4.69) is 25.7 Å². The summed E-state index contributed by atoms with van der Waals surface area (Å²) in [5.41, 5.74) is 1.76. The van der Waals surface area contributed by atoms with Gasteiger partial charge in [0.1, 0.15) is 0 Å². The van der Waals surface area contributed by atoms with Crippen molar-refractivity contribution in [3.63, 3.8) is 0 Å². The number of hydrogen-bond acceptors (Lipinski definition) is 3. The number of halogens is 1. The van der Waals surface area contributed by atoms with E-state index < -0.39 is 6.09 Å². The Morgan fingerprint density at radius 1 is 1.14 bits per heavy atom. The van der Waals surface area contributed by atoms with Gasteiger partial charge in [0.2, 0.25) is 0 Å². The molecule has 1 aromatic rings. The second-order valence-electron chi connectivity index (χ2n) is 4.04. The number of rotatable bonds is 5. The van der Waals surface area contributed by atoms with Gasteiger partial charge >= 0.3 is 6.09 Å². The lowest BCUT2D eigenvalue weighted by Crippen LogP contribution is -2.36. The van der Waals surface area contributed by atoms with Crippen LogP contribution in [0.25, 0.3) is 0 Å². The standard InChI is InChI=1S/C14H22N4O2.HI/c1-4-15-13(16-5-2)17-10-11-6-8-12(9-7-11)18-14(19)20-3;/h6-9H,4-5,10H2,1-3H3,(H,18,19)(H2,15,16,17);1H. The van der Waals surface area contributed by atoms with Gasteiger partial charge in [-0.3, -0.25) is 5.32 Å². The van der Waals surface area contributed by atoms with E-state index in [0.29, 0.717) is 12.2 Å². The van der Waals surface area contributed by atoms with Gasteiger partial charge in [0, 0.05) is 18.8 Å². The zero-order chi connectivity index (χ0) is 14.8. The molecule has 1 amide bonds. The van der Waals surface area contributed by atoms with Crippen molar-refractivity contribution in [2.24, 2.45) is 4.99 Å². The van der Waals surface area contributed by atoms with E-state index in [1.165, 1.54) is 7.11 Å². The molecule has 118 valence electrons. The van der Waals surface area contributed by atoms with Crippen LogP contribution in [-0.4, -0.2) is 32.3 Å². The minimum atomic E-state index is -0.475. The molecule has 0 aromatic heterocycles. The molecule has 7 heteroatoms. The number of guanidine groups is 1. The van der Waals surface area contributed by atoms with Crippen molar-refractivity contribution in [2.75, 3.05) is 25.5 Å². The van der Waals surface area contributed by atoms with E-state index in [4.69, 9.17) is 0 Å². The monoisotopic (exact) mass is 406 g/mol. The van der Waals surface area contributed by atoms with Crippen molar-refractivity contribution in [1.29, 1.82) is 0 Å². The fourth-order valence-electron chi connectivity index (χ4n) is 1.54. The summed E-state index contributed by atoms with van der Waals surface area (Å²) in [5.74, 6) is 0.798. The Bertz CT molecular complexity index is 441. The predicted octanol–water partition coefficient (Wildman–Crippen LogP) is 2.56. The number of aliphatic imine (C=N–C) groups is 1. The van der Waals surface area contributed by atoms with Gasteiger partial charge in [-0.1, -0.05) is 12.1 Å². The highest BCUT2D eigenvalue weighted by Crippen LogP contribution is 2.10. The van der Waals surface area contributed by atoms with Gasteiger partial charge in [-0.2, -0.15) is 0 Å². The number of benzene rings is 1. The summed E-state index contributed by atoms with van der Waals surface area (Å²) in [6.07, 6.45) is -0.475. The largest absolute Gasteiger partial charge is 0.453 e. The summed E-state index contributed by atoms with van der Waals surface area (Å²) in [6, 6.07) is 7.48. The fraction of sp³-hybridized carbons (Fsp3) is 0.429. The van der Waals surface area contributed by atoms with E-state index in [0.717, 1.165) is 24.6 Å². The summed E-state index contributed by atoms with van der Waals surface area (Å²) in [6.45, 7) is 6.29. The Hall–Kier alpha value is -1.51. The van der Waals surface area contributed by atoms with Gasteiger partial charge in [0.05, 0.1) is 13.7 Å². The molecule has 21 heavy (non-hydrogen) atoms. The molecule has 0 fully saturated rings. The summed E-state index contributed by atoms with van der Waals surface area (Å²) < 4.78 is 4.53. The Balaban J connectivity index is 0.00000400. The van der Waals surface area contributed by atoms with Crippen LogP contribution in [0.4, 0.5) is 10.5 Å². The molecule has 0 aliphatic carbocycles. The lowest BCUT2D eigenvalue weighted by atomic mass is 10.2. The maximum absolute atomic E-state index is 11.1. The van der Waals surface area contributed by atoms with Crippen molar-refractivity contribution in [3.05, 3.63) is 29.8 Å². The van der Waals surface area contributed by atoms with Crippen molar-refractivity contribution in [2.45, 2.75) is 20.4 Å². The number of hydrogen-bond donors (Lipinski definition) is 3. The van der Waals surface area contributed by atoms with Gasteiger partial charge < -0.3 is 15.4 Å². The molecular formula is C14H23IN4O2. The molecule has 0 aliphatic rings. The first-order valence-electron chi connectivity index (χ1n) is 6.65. The molecule has 1 rings (SSSR count). The summed E-state index contributed by atoms with van der Waals surface area (Å²) in [4.78, 5) is 15.5. The number of amides is 1. The molecule has 0 unspecified atom stereocenters. The maximum atomic E-state index is 11.1. The van der Waals surface area contributed by atoms with E-state index in [-0.39, 0.29) is 24.0 Å². The lowest BCUT2D eigenvalue weighted by molar-refractivity contribution is 0.187. The normalized spacial score (nSPS) is 9.10. The van der Waals surface area contributed by atoms with Crippen LogP contribution < -0.4 is 16.0 Å². The van der Waals surface area contributed by atoms with Crippen molar-refractivity contribution in [1.82, 2.24) is 10.6 Å². The first-order valence-corrected chi connectivity index (χ1v) is 6.65. The van der Waals surface area contributed by atoms with Crippen LogP contribution in [0, 0.1) is 0 Å². The van der Waals surface area contributed by atoms with E-state index in [1.54, 1.807) is 0 Å². The molecule has 0 atom stereocenters. The molecule has 0 spiro atoms. The molecule has 1 aromatic carbocycles. The van der Waals surface area contributed by atoms with Crippen molar-refractivity contribution >= 4 is 41.7 Å². The number of anilines is 1. The summed E-state index contributed by atoms with van der Waals surface area (Å²) in [7, 11) is 1.33. The topological polar surface area (TPSA) is 74.8 Å². The number of carbonyl (C=O) groups excluding carboxylic acids is 1. The number of nitrogens with one attached hydrogen (secondary N) is 3. The third-order valence-corrected chi connectivity index (χ3v) is 2.49. The average Bonchev–Trinajstić information content (AvgIpc) is 2.46. The van der Waals surface area contributed by atoms with Crippen LogP contribution in [0.3, 0.4) is 0 Å². The van der Waals surface area contributed by atoms with Gasteiger partial charge in [-0.25, -0.2) is 9.79 Å². The Labute approximate surface area is 142 Å². The molecule has 3 N–H and O–H groups in total. The molecule has 0 bridgehead atoms. The van der Waals surface area contributed by atoms with Crippen molar-refractivity contribution < 1.29 is 9.53 Å². The molecular weight excluding hydrogens is 383 g/mol. The van der Waals surface area contributed by atoms with E-state index >= 15 is 0 Å². The van der Waals surface area contributed by atoms with Gasteiger partial charge in [-0.05, 0) is 31.5 Å². The first kappa shape index (κ1) is 19.5. The number of ether oxygens (including phenoxy) is 1. The second kappa shape index (κ2) is 11.2. The van der Waals surface area contributed by atoms with Gasteiger partial charge in [0.15, 0.2) is 5.96 Å². The predicted molar refractivity (Wildman–Crippen MR) is 96.4 cm³/mol. The number of nitrogens with zero attached hydrogens (tertiary/aromatic N) is 1. The Morgan fingerprint density at radius 2 is 1.71 bits per heavy atom. The van der Waals surface area contributed by atoms with Crippen LogP contribution in [0.1, 0.15) is 19.4 Å². The minimum Gasteiger partial charge on any atom is -0.453 e. The highest BCUT2D eigenvalue weighted by atomic mass is 127. The van der Waals surface area contributed by atoms with Crippen molar-refractivity contribution in [3.8, 4) is 0 Å². The highest BCUT2D eigenvalue weighted by molar-refractivity contribution is 14.0. The molecule has 0 saturated heterocycles. The minimum absolute atomic E-state index is 0. The van der Waals surface area contributed by atoms with Crippen LogP contribution in [0.2, 0.25) is 0 Å². The van der Waals surface area contributed by atoms with E-state index in [1.807, 2.05) is 38.1 Å². The lowest BCUT2D eigenvalue weighted by Gasteiger charge is -2.09. The SMILES string of the molecule is CCNC(=NCc1ccc(NC(=O)OC)cc1)NCC.I. The second-order valence-corrected chi connectivity index (χ2v) is 4.04. The zero-order valence-electron chi connectivity index (χ0n) is 12.6. The van der Waals surface area contributed by atoms with Crippen LogP contribution in [0.5, 0.6) is 0 Å². The molecule has 6 nitrogen and oxygen atoms in total. The fourth-order valence-corrected chi connectivity index (χ4v) is 1.54.